The predicted molar refractivity (Wildman–Crippen MR) is 83.6 cm³/mol. The summed E-state index contributed by atoms with van der Waals surface area (Å²) in [6.07, 6.45) is 5.32. The first-order valence-electron chi connectivity index (χ1n) is 7.59. The lowest BCUT2D eigenvalue weighted by Crippen LogP contribution is -2.38. The van der Waals surface area contributed by atoms with Crippen LogP contribution in [0.25, 0.3) is 6.08 Å². The van der Waals surface area contributed by atoms with E-state index in [4.69, 9.17) is 4.74 Å². The fraction of sp³-hybridized carbons (Fsp3) is 0.471. The van der Waals surface area contributed by atoms with Crippen LogP contribution in [0.4, 0.5) is 8.78 Å². The third-order valence-electron chi connectivity index (χ3n) is 3.79. The zero-order chi connectivity index (χ0) is 16.8. The summed E-state index contributed by atoms with van der Waals surface area (Å²) < 4.78 is 34.0. The van der Waals surface area contributed by atoms with E-state index in [1.165, 1.54) is 19.3 Å². The number of hydrogen-bond acceptors (Lipinski definition) is 3. The van der Waals surface area contributed by atoms with Crippen molar-refractivity contribution in [2.75, 3.05) is 20.2 Å². The number of halogens is 2. The summed E-state index contributed by atoms with van der Waals surface area (Å²) in [4.78, 5) is 14.0. The number of nitrogens with zero attached hydrogens (tertiary/aromatic N) is 1. The van der Waals surface area contributed by atoms with Gasteiger partial charge in [-0.2, -0.15) is 8.78 Å². The second-order valence-corrected chi connectivity index (χ2v) is 5.65. The SMILES string of the molecule is COc1cc(C=CC(=O)N2CCCC(C)C2)ccc1OC(F)F. The summed E-state index contributed by atoms with van der Waals surface area (Å²) in [6, 6.07) is 4.56. The lowest BCUT2D eigenvalue weighted by atomic mass is 10.0. The standard InChI is InChI=1S/C17H21F2NO3/c1-12-4-3-9-20(11-12)16(21)8-6-13-5-7-14(23-17(18)19)15(10-13)22-2/h5-8,10,12,17H,3-4,9,11H2,1-2H3. The van der Waals surface area contributed by atoms with E-state index in [2.05, 4.69) is 11.7 Å². The van der Waals surface area contributed by atoms with Crippen molar-refractivity contribution in [3.05, 3.63) is 29.8 Å². The number of amides is 1. The summed E-state index contributed by atoms with van der Waals surface area (Å²) in [5.41, 5.74) is 0.682. The van der Waals surface area contributed by atoms with Gasteiger partial charge in [-0.05, 0) is 42.5 Å². The van der Waals surface area contributed by atoms with Gasteiger partial charge in [-0.1, -0.05) is 13.0 Å². The maximum absolute atomic E-state index is 12.3. The van der Waals surface area contributed by atoms with E-state index in [0.29, 0.717) is 11.5 Å². The Morgan fingerprint density at radius 1 is 1.39 bits per heavy atom. The third kappa shape index (κ3) is 4.94. The minimum absolute atomic E-state index is 0.0316. The van der Waals surface area contributed by atoms with E-state index in [-0.39, 0.29) is 17.4 Å². The molecular formula is C17H21F2NO3. The van der Waals surface area contributed by atoms with Crippen molar-refractivity contribution < 1.29 is 23.0 Å². The molecule has 1 aliphatic rings. The number of hydrogen-bond donors (Lipinski definition) is 0. The first-order chi connectivity index (χ1) is 11.0. The molecule has 2 rings (SSSR count). The summed E-state index contributed by atoms with van der Waals surface area (Å²) in [6.45, 7) is 0.773. The second kappa shape index (κ2) is 7.94. The Morgan fingerprint density at radius 2 is 2.17 bits per heavy atom. The molecule has 1 aromatic carbocycles. The molecule has 1 heterocycles. The van der Waals surface area contributed by atoms with Gasteiger partial charge in [0.1, 0.15) is 0 Å². The molecule has 1 amide bonds. The maximum Gasteiger partial charge on any atom is 0.387 e. The largest absolute Gasteiger partial charge is 0.493 e. The zero-order valence-corrected chi connectivity index (χ0v) is 13.3. The summed E-state index contributed by atoms with van der Waals surface area (Å²) in [5, 5.41) is 0. The number of ether oxygens (including phenoxy) is 2. The molecule has 23 heavy (non-hydrogen) atoms. The van der Waals surface area contributed by atoms with E-state index in [0.717, 1.165) is 25.9 Å². The highest BCUT2D eigenvalue weighted by Gasteiger charge is 2.19. The van der Waals surface area contributed by atoms with Crippen molar-refractivity contribution in [3.63, 3.8) is 0 Å². The predicted octanol–water partition coefficient (Wildman–Crippen LogP) is 3.57. The highest BCUT2D eigenvalue weighted by atomic mass is 19.3. The molecule has 1 saturated heterocycles. The van der Waals surface area contributed by atoms with E-state index >= 15 is 0 Å². The van der Waals surface area contributed by atoms with Crippen LogP contribution < -0.4 is 9.47 Å². The molecule has 0 N–H and O–H groups in total. The van der Waals surface area contributed by atoms with Crippen LogP contribution in [-0.4, -0.2) is 37.6 Å². The highest BCUT2D eigenvalue weighted by molar-refractivity contribution is 5.91. The summed E-state index contributed by atoms with van der Waals surface area (Å²) in [5.74, 6) is 0.651. The topological polar surface area (TPSA) is 38.8 Å². The molecule has 1 unspecified atom stereocenters. The fourth-order valence-electron chi connectivity index (χ4n) is 2.64. The van der Waals surface area contributed by atoms with Gasteiger partial charge in [0, 0.05) is 19.2 Å². The molecule has 4 nitrogen and oxygen atoms in total. The van der Waals surface area contributed by atoms with Crippen molar-refractivity contribution in [2.24, 2.45) is 5.92 Å². The van der Waals surface area contributed by atoms with Gasteiger partial charge in [-0.25, -0.2) is 0 Å². The number of carbonyl (C=O) groups excluding carboxylic acids is 1. The van der Waals surface area contributed by atoms with Gasteiger partial charge < -0.3 is 14.4 Å². The van der Waals surface area contributed by atoms with Crippen LogP contribution in [0.5, 0.6) is 11.5 Å². The van der Waals surface area contributed by atoms with Crippen LogP contribution in [0, 0.1) is 5.92 Å². The van der Waals surface area contributed by atoms with E-state index in [1.807, 2.05) is 4.90 Å². The quantitative estimate of drug-likeness (QED) is 0.777. The van der Waals surface area contributed by atoms with Gasteiger partial charge in [-0.3, -0.25) is 4.79 Å². The minimum Gasteiger partial charge on any atom is -0.493 e. The van der Waals surface area contributed by atoms with Crippen LogP contribution in [0.15, 0.2) is 24.3 Å². The lowest BCUT2D eigenvalue weighted by Gasteiger charge is -2.30. The van der Waals surface area contributed by atoms with Gasteiger partial charge in [0.15, 0.2) is 11.5 Å². The molecule has 126 valence electrons. The van der Waals surface area contributed by atoms with Crippen LogP contribution >= 0.6 is 0 Å². The van der Waals surface area contributed by atoms with Gasteiger partial charge in [0.05, 0.1) is 7.11 Å². The Morgan fingerprint density at radius 3 is 2.83 bits per heavy atom. The molecule has 6 heteroatoms. The molecule has 0 bridgehead atoms. The smallest absolute Gasteiger partial charge is 0.387 e. The summed E-state index contributed by atoms with van der Waals surface area (Å²) >= 11 is 0. The van der Waals surface area contributed by atoms with E-state index in [9.17, 15) is 13.6 Å². The third-order valence-corrected chi connectivity index (χ3v) is 3.79. The van der Waals surface area contributed by atoms with Crippen molar-refractivity contribution in [1.82, 2.24) is 4.90 Å². The first-order valence-corrected chi connectivity index (χ1v) is 7.59. The molecule has 0 aliphatic carbocycles. The first kappa shape index (κ1) is 17.2. The summed E-state index contributed by atoms with van der Waals surface area (Å²) in [7, 11) is 1.38. The number of methoxy groups -OCH3 is 1. The van der Waals surface area contributed by atoms with Crippen molar-refractivity contribution >= 4 is 12.0 Å². The van der Waals surface area contributed by atoms with Gasteiger partial charge >= 0.3 is 6.61 Å². The zero-order valence-electron chi connectivity index (χ0n) is 13.3. The Hall–Kier alpha value is -2.11. The van der Waals surface area contributed by atoms with Crippen LogP contribution in [-0.2, 0) is 4.79 Å². The number of piperidine rings is 1. The van der Waals surface area contributed by atoms with E-state index in [1.54, 1.807) is 18.2 Å². The molecule has 0 saturated carbocycles. The van der Waals surface area contributed by atoms with Crippen LogP contribution in [0.3, 0.4) is 0 Å². The van der Waals surface area contributed by atoms with E-state index < -0.39 is 6.61 Å². The van der Waals surface area contributed by atoms with Crippen LogP contribution in [0.1, 0.15) is 25.3 Å². The average Bonchev–Trinajstić information content (AvgIpc) is 2.53. The molecule has 1 aliphatic heterocycles. The van der Waals surface area contributed by atoms with Gasteiger partial charge in [0.25, 0.3) is 0 Å². The molecule has 0 spiro atoms. The normalized spacial score (nSPS) is 18.5. The Bertz CT molecular complexity index is 575. The van der Waals surface area contributed by atoms with Gasteiger partial charge in [0.2, 0.25) is 5.91 Å². The Balaban J connectivity index is 2.05. The monoisotopic (exact) mass is 325 g/mol. The van der Waals surface area contributed by atoms with Crippen LogP contribution in [0.2, 0.25) is 0 Å². The second-order valence-electron chi connectivity index (χ2n) is 5.65. The molecule has 1 aromatic rings. The highest BCUT2D eigenvalue weighted by Crippen LogP contribution is 2.29. The van der Waals surface area contributed by atoms with Crippen molar-refractivity contribution in [2.45, 2.75) is 26.4 Å². The molecular weight excluding hydrogens is 304 g/mol. The fourth-order valence-corrected chi connectivity index (χ4v) is 2.64. The molecule has 0 radical (unpaired) electrons. The maximum atomic E-state index is 12.3. The Kier molecular flexibility index (Phi) is 5.96. The Labute approximate surface area is 134 Å². The van der Waals surface area contributed by atoms with Crippen molar-refractivity contribution in [1.29, 1.82) is 0 Å². The molecule has 0 aromatic heterocycles. The van der Waals surface area contributed by atoms with Crippen molar-refractivity contribution in [3.8, 4) is 11.5 Å². The van der Waals surface area contributed by atoms with Gasteiger partial charge in [-0.15, -0.1) is 0 Å². The lowest BCUT2D eigenvalue weighted by molar-refractivity contribution is -0.127. The molecule has 1 fully saturated rings. The number of alkyl halides is 2. The minimum atomic E-state index is -2.91. The molecule has 1 atom stereocenters. The number of benzene rings is 1. The number of rotatable bonds is 5. The average molecular weight is 325 g/mol. The number of carbonyl (C=O) groups is 1. The number of likely N-dealkylation sites (tertiary alicyclic amines) is 1.